The van der Waals surface area contributed by atoms with E-state index in [9.17, 15) is 14.4 Å². The van der Waals surface area contributed by atoms with E-state index >= 15 is 0 Å². The molecule has 3 fully saturated rings. The number of ether oxygens (including phenoxy) is 3. The molecule has 1 saturated carbocycles. The molecule has 10 nitrogen and oxygen atoms in total. The van der Waals surface area contributed by atoms with Gasteiger partial charge in [-0.3, -0.25) is 4.79 Å². The second-order valence-corrected chi connectivity index (χ2v) is 12.2. The van der Waals surface area contributed by atoms with Crippen LogP contribution in [0.25, 0.3) is 17.0 Å². The molecule has 43 heavy (non-hydrogen) atoms. The van der Waals surface area contributed by atoms with Crippen molar-refractivity contribution in [3.05, 3.63) is 35.9 Å². The molecule has 3 aliphatic heterocycles. The lowest BCUT2D eigenvalue weighted by Gasteiger charge is -2.34. The summed E-state index contributed by atoms with van der Waals surface area (Å²) in [6.07, 6.45) is 12.3. The van der Waals surface area contributed by atoms with Crippen molar-refractivity contribution < 1.29 is 28.6 Å². The monoisotopic (exact) mass is 590 g/mol. The Kier molecular flexibility index (Phi) is 9.11. The van der Waals surface area contributed by atoms with Gasteiger partial charge in [-0.1, -0.05) is 31.4 Å². The van der Waals surface area contributed by atoms with Crippen LogP contribution in [0.15, 0.2) is 30.3 Å². The molecule has 3 amide bonds. The number of carbonyl (C=O) groups is 3. The van der Waals surface area contributed by atoms with Crippen molar-refractivity contribution in [1.29, 1.82) is 0 Å². The van der Waals surface area contributed by atoms with E-state index in [1.807, 2.05) is 30.3 Å². The van der Waals surface area contributed by atoms with Gasteiger partial charge in [-0.05, 0) is 56.2 Å². The van der Waals surface area contributed by atoms with Crippen LogP contribution in [0.5, 0.6) is 11.6 Å². The van der Waals surface area contributed by atoms with Crippen molar-refractivity contribution in [2.45, 2.75) is 82.1 Å². The summed E-state index contributed by atoms with van der Waals surface area (Å²) in [5.74, 6) is 0.989. The third-order valence-corrected chi connectivity index (χ3v) is 9.31. The summed E-state index contributed by atoms with van der Waals surface area (Å²) >= 11 is 0. The Morgan fingerprint density at radius 1 is 1.05 bits per heavy atom. The number of hydrogen-bond acceptors (Lipinski definition) is 7. The van der Waals surface area contributed by atoms with Gasteiger partial charge in [-0.2, -0.15) is 0 Å². The SMILES string of the molecule is COc1ccc2cc3c(nc2c1)OC1C[C@@H](C=O)N(C1)C(=O)[C@H](C1CCCCC1)NC(=O)N1CC[C@@H](C1)OCCCC=C3. The minimum atomic E-state index is -0.680. The van der Waals surface area contributed by atoms with E-state index in [1.54, 1.807) is 16.9 Å². The van der Waals surface area contributed by atoms with Gasteiger partial charge in [-0.25, -0.2) is 9.78 Å². The maximum absolute atomic E-state index is 14.2. The van der Waals surface area contributed by atoms with E-state index < -0.39 is 18.2 Å². The number of hydrogen-bond donors (Lipinski definition) is 1. The summed E-state index contributed by atoms with van der Waals surface area (Å²) < 4.78 is 18.0. The number of amides is 3. The van der Waals surface area contributed by atoms with Gasteiger partial charge in [0.2, 0.25) is 11.8 Å². The van der Waals surface area contributed by atoms with E-state index in [-0.39, 0.29) is 30.5 Å². The van der Waals surface area contributed by atoms with E-state index in [4.69, 9.17) is 19.2 Å². The highest BCUT2D eigenvalue weighted by Crippen LogP contribution is 2.32. The topological polar surface area (TPSA) is 110 Å². The standard InChI is InChI=1S/C33H42N4O6/c1-41-26-12-11-23-16-24-10-6-3-7-15-42-27-13-14-36(19-27)33(40)35-30(22-8-4-2-5-9-22)32(39)37-20-28(17-25(37)21-38)43-31(24)34-29(23)18-26/h6,10-12,16,18,21-22,25,27-28,30H,2-5,7-9,13-15,17,19-20H2,1H3,(H,35,40)/t25-,27-,28?,30-/m0/s1. The third-order valence-electron chi connectivity index (χ3n) is 9.31. The largest absolute Gasteiger partial charge is 0.497 e. The third kappa shape index (κ3) is 6.64. The number of aromatic nitrogens is 1. The maximum atomic E-state index is 14.2. The molecule has 6 rings (SSSR count). The van der Waals surface area contributed by atoms with Gasteiger partial charge in [0, 0.05) is 43.1 Å². The fourth-order valence-corrected chi connectivity index (χ4v) is 6.90. The van der Waals surface area contributed by atoms with Crippen molar-refractivity contribution in [3.63, 3.8) is 0 Å². The number of carbonyl (C=O) groups excluding carboxylic acids is 3. The molecular formula is C33H42N4O6. The zero-order valence-electron chi connectivity index (χ0n) is 24.9. The molecule has 4 aliphatic rings. The van der Waals surface area contributed by atoms with Gasteiger partial charge in [-0.15, -0.1) is 0 Å². The molecular weight excluding hydrogens is 548 g/mol. The average molecular weight is 591 g/mol. The molecule has 1 unspecified atom stereocenters. The second-order valence-electron chi connectivity index (χ2n) is 12.2. The minimum absolute atomic E-state index is 0.0129. The number of fused-ring (bicyclic) bond motifs is 6. The van der Waals surface area contributed by atoms with Crippen molar-refractivity contribution in [2.75, 3.05) is 33.4 Å². The van der Waals surface area contributed by atoms with Crippen LogP contribution in [0.3, 0.4) is 0 Å². The van der Waals surface area contributed by atoms with Crippen LogP contribution in [0.4, 0.5) is 4.79 Å². The number of nitrogens with one attached hydrogen (secondary N) is 1. The smallest absolute Gasteiger partial charge is 0.318 e. The molecule has 1 aromatic carbocycles. The first-order chi connectivity index (χ1) is 21.0. The highest BCUT2D eigenvalue weighted by Gasteiger charge is 2.43. The lowest BCUT2D eigenvalue weighted by Crippen LogP contribution is -2.56. The highest BCUT2D eigenvalue weighted by atomic mass is 16.5. The number of aldehydes is 1. The zero-order valence-corrected chi connectivity index (χ0v) is 24.9. The summed E-state index contributed by atoms with van der Waals surface area (Å²) in [4.78, 5) is 48.1. The van der Waals surface area contributed by atoms with Crippen LogP contribution in [0, 0.1) is 5.92 Å². The highest BCUT2D eigenvalue weighted by molar-refractivity contribution is 5.89. The first-order valence-electron chi connectivity index (χ1n) is 15.8. The zero-order chi connectivity index (χ0) is 29.8. The predicted molar refractivity (Wildman–Crippen MR) is 162 cm³/mol. The Morgan fingerprint density at radius 2 is 1.91 bits per heavy atom. The van der Waals surface area contributed by atoms with Crippen molar-refractivity contribution in [3.8, 4) is 11.6 Å². The van der Waals surface area contributed by atoms with Crippen molar-refractivity contribution in [1.82, 2.24) is 20.1 Å². The number of nitrogens with zero attached hydrogens (tertiary/aromatic N) is 3. The number of rotatable bonds is 3. The van der Waals surface area contributed by atoms with Crippen LogP contribution < -0.4 is 14.8 Å². The molecule has 2 saturated heterocycles. The fraction of sp³-hybridized carbons (Fsp3) is 0.576. The number of allylic oxidation sites excluding steroid dienone is 1. The Hall–Kier alpha value is -3.66. The molecule has 2 aromatic rings. The summed E-state index contributed by atoms with van der Waals surface area (Å²) in [6.45, 7) is 1.97. The fourth-order valence-electron chi connectivity index (χ4n) is 6.90. The molecule has 230 valence electrons. The van der Waals surface area contributed by atoms with Crippen molar-refractivity contribution >= 4 is 35.2 Å². The Balaban J connectivity index is 1.32. The summed E-state index contributed by atoms with van der Waals surface area (Å²) in [6, 6.07) is 6.25. The van der Waals surface area contributed by atoms with Gasteiger partial charge in [0.15, 0.2) is 0 Å². The van der Waals surface area contributed by atoms with Gasteiger partial charge in [0.1, 0.15) is 24.2 Å². The molecule has 1 aromatic heterocycles. The molecule has 1 aliphatic carbocycles. The Bertz CT molecular complexity index is 1360. The van der Waals surface area contributed by atoms with Gasteiger partial charge >= 0.3 is 6.03 Å². The molecule has 4 atom stereocenters. The van der Waals surface area contributed by atoms with Crippen LogP contribution in [0.1, 0.15) is 63.4 Å². The molecule has 4 bridgehead atoms. The molecule has 4 heterocycles. The van der Waals surface area contributed by atoms with Crippen LogP contribution in [-0.2, 0) is 14.3 Å². The summed E-state index contributed by atoms with van der Waals surface area (Å²) in [7, 11) is 1.62. The van der Waals surface area contributed by atoms with E-state index in [0.717, 1.165) is 74.1 Å². The van der Waals surface area contributed by atoms with Crippen LogP contribution in [-0.4, -0.2) is 90.7 Å². The summed E-state index contributed by atoms with van der Waals surface area (Å²) in [5, 5.41) is 4.06. The van der Waals surface area contributed by atoms with Crippen LogP contribution >= 0.6 is 0 Å². The Morgan fingerprint density at radius 3 is 2.72 bits per heavy atom. The van der Waals surface area contributed by atoms with E-state index in [2.05, 4.69) is 11.4 Å². The average Bonchev–Trinajstić information content (AvgIpc) is 3.68. The van der Waals surface area contributed by atoms with E-state index in [1.165, 1.54) is 0 Å². The van der Waals surface area contributed by atoms with E-state index in [0.29, 0.717) is 37.7 Å². The lowest BCUT2D eigenvalue weighted by atomic mass is 9.83. The van der Waals surface area contributed by atoms with Gasteiger partial charge in [0.05, 0.1) is 31.3 Å². The second kappa shape index (κ2) is 13.3. The molecule has 1 N–H and O–H groups in total. The Labute approximate surface area is 252 Å². The first kappa shape index (κ1) is 29.4. The quantitative estimate of drug-likeness (QED) is 0.530. The molecule has 10 heteroatoms. The minimum Gasteiger partial charge on any atom is -0.497 e. The first-order valence-corrected chi connectivity index (χ1v) is 15.8. The maximum Gasteiger partial charge on any atom is 0.318 e. The number of benzene rings is 1. The van der Waals surface area contributed by atoms with Crippen molar-refractivity contribution in [2.24, 2.45) is 5.92 Å². The van der Waals surface area contributed by atoms with Gasteiger partial charge < -0.3 is 34.1 Å². The normalized spacial score (nSPS) is 27.6. The molecule has 0 spiro atoms. The number of urea groups is 1. The van der Waals surface area contributed by atoms with Gasteiger partial charge in [0.25, 0.3) is 0 Å². The predicted octanol–water partition coefficient (Wildman–Crippen LogP) is 4.35. The number of pyridine rings is 1. The van der Waals surface area contributed by atoms with Crippen LogP contribution in [0.2, 0.25) is 0 Å². The summed E-state index contributed by atoms with van der Waals surface area (Å²) in [5.41, 5.74) is 1.57. The lowest BCUT2D eigenvalue weighted by molar-refractivity contribution is -0.138. The molecule has 0 radical (unpaired) electrons. The number of methoxy groups -OCH3 is 1.